The number of ether oxygens (including phenoxy) is 1. The normalized spacial score (nSPS) is 38.3. The van der Waals surface area contributed by atoms with Crippen LogP contribution in [0.4, 0.5) is 0 Å². The predicted molar refractivity (Wildman–Crippen MR) is 71.3 cm³/mol. The highest BCUT2D eigenvalue weighted by Gasteiger charge is 2.60. The van der Waals surface area contributed by atoms with Crippen LogP contribution < -0.4 is 5.32 Å². The molecule has 1 saturated carbocycles. The standard InChI is InChI=1S/C14H26N2O2/c1-13(2)11(8-14(13,3)18-5)16(4)12(17)10-6-7-15-9-10/h10-11,15H,6-9H2,1-5H3. The van der Waals surface area contributed by atoms with Crippen molar-refractivity contribution in [2.24, 2.45) is 11.3 Å². The van der Waals surface area contributed by atoms with Gasteiger partial charge in [-0.15, -0.1) is 0 Å². The molecule has 1 amide bonds. The molecule has 1 N–H and O–H groups in total. The van der Waals surface area contributed by atoms with Gasteiger partial charge in [-0.05, 0) is 26.3 Å². The number of amides is 1. The van der Waals surface area contributed by atoms with E-state index in [1.807, 2.05) is 11.9 Å². The molecule has 0 aromatic heterocycles. The van der Waals surface area contributed by atoms with Gasteiger partial charge >= 0.3 is 0 Å². The summed E-state index contributed by atoms with van der Waals surface area (Å²) in [5, 5.41) is 3.26. The molecule has 2 rings (SSSR count). The predicted octanol–water partition coefficient (Wildman–Crippen LogP) is 1.26. The number of nitrogens with one attached hydrogen (secondary N) is 1. The van der Waals surface area contributed by atoms with Gasteiger partial charge in [0.15, 0.2) is 0 Å². The van der Waals surface area contributed by atoms with E-state index in [0.29, 0.717) is 0 Å². The van der Waals surface area contributed by atoms with Crippen LogP contribution in [0.2, 0.25) is 0 Å². The molecule has 3 atom stereocenters. The van der Waals surface area contributed by atoms with E-state index in [0.717, 1.165) is 25.9 Å². The molecule has 1 aliphatic heterocycles. The Kier molecular flexibility index (Phi) is 3.45. The Bertz CT molecular complexity index is 337. The van der Waals surface area contributed by atoms with Crippen LogP contribution in [0.25, 0.3) is 0 Å². The van der Waals surface area contributed by atoms with Gasteiger partial charge in [-0.1, -0.05) is 13.8 Å². The van der Waals surface area contributed by atoms with E-state index < -0.39 is 0 Å². The molecule has 0 spiro atoms. The lowest BCUT2D eigenvalue weighted by molar-refractivity contribution is -0.208. The fourth-order valence-corrected chi connectivity index (χ4v) is 3.38. The fourth-order valence-electron chi connectivity index (χ4n) is 3.38. The van der Waals surface area contributed by atoms with E-state index in [9.17, 15) is 4.79 Å². The summed E-state index contributed by atoms with van der Waals surface area (Å²) >= 11 is 0. The number of nitrogens with zero attached hydrogens (tertiary/aromatic N) is 1. The largest absolute Gasteiger partial charge is 0.378 e. The maximum atomic E-state index is 12.4. The van der Waals surface area contributed by atoms with Gasteiger partial charge in [0.1, 0.15) is 0 Å². The summed E-state index contributed by atoms with van der Waals surface area (Å²) in [7, 11) is 3.71. The third-order valence-electron chi connectivity index (χ3n) is 5.45. The van der Waals surface area contributed by atoms with Crippen LogP contribution in [-0.2, 0) is 9.53 Å². The molecule has 1 heterocycles. The zero-order valence-corrected chi connectivity index (χ0v) is 12.2. The zero-order valence-electron chi connectivity index (χ0n) is 12.2. The van der Waals surface area contributed by atoms with Crippen LogP contribution in [-0.4, -0.2) is 49.7 Å². The molecular formula is C14H26N2O2. The van der Waals surface area contributed by atoms with E-state index in [4.69, 9.17) is 4.74 Å². The maximum absolute atomic E-state index is 12.4. The summed E-state index contributed by atoms with van der Waals surface area (Å²) in [6, 6.07) is 0.288. The molecule has 4 heteroatoms. The summed E-state index contributed by atoms with van der Waals surface area (Å²) in [5.41, 5.74) is -0.0989. The molecule has 1 aliphatic carbocycles. The lowest BCUT2D eigenvalue weighted by atomic mass is 9.55. The van der Waals surface area contributed by atoms with E-state index in [2.05, 4.69) is 26.1 Å². The first-order chi connectivity index (χ1) is 8.33. The fraction of sp³-hybridized carbons (Fsp3) is 0.929. The van der Waals surface area contributed by atoms with Gasteiger partial charge in [0, 0.05) is 32.2 Å². The Morgan fingerprint density at radius 1 is 1.39 bits per heavy atom. The van der Waals surface area contributed by atoms with Crippen molar-refractivity contribution in [3.63, 3.8) is 0 Å². The summed E-state index contributed by atoms with van der Waals surface area (Å²) in [4.78, 5) is 14.4. The van der Waals surface area contributed by atoms with Crippen LogP contribution in [0.15, 0.2) is 0 Å². The smallest absolute Gasteiger partial charge is 0.227 e. The Balaban J connectivity index is 2.03. The van der Waals surface area contributed by atoms with Crippen molar-refractivity contribution in [1.29, 1.82) is 0 Å². The number of rotatable bonds is 3. The van der Waals surface area contributed by atoms with Gasteiger partial charge in [0.25, 0.3) is 0 Å². The molecule has 0 bridgehead atoms. The van der Waals surface area contributed by atoms with Crippen molar-refractivity contribution in [3.05, 3.63) is 0 Å². The van der Waals surface area contributed by atoms with Crippen LogP contribution in [0.1, 0.15) is 33.6 Å². The van der Waals surface area contributed by atoms with Crippen molar-refractivity contribution in [1.82, 2.24) is 10.2 Å². The second-order valence-corrected chi connectivity index (χ2v) is 6.52. The van der Waals surface area contributed by atoms with Crippen molar-refractivity contribution >= 4 is 5.91 Å². The highest BCUT2D eigenvalue weighted by atomic mass is 16.5. The first-order valence-electron chi connectivity index (χ1n) is 6.86. The van der Waals surface area contributed by atoms with Crippen LogP contribution in [0, 0.1) is 11.3 Å². The lowest BCUT2D eigenvalue weighted by Gasteiger charge is -2.61. The monoisotopic (exact) mass is 254 g/mol. The van der Waals surface area contributed by atoms with Crippen LogP contribution in [0.3, 0.4) is 0 Å². The minimum absolute atomic E-state index is 0.0121. The minimum Gasteiger partial charge on any atom is -0.378 e. The molecule has 18 heavy (non-hydrogen) atoms. The van der Waals surface area contributed by atoms with E-state index in [1.54, 1.807) is 7.11 Å². The maximum Gasteiger partial charge on any atom is 0.227 e. The molecule has 0 aromatic carbocycles. The van der Waals surface area contributed by atoms with Crippen LogP contribution >= 0.6 is 0 Å². The SMILES string of the molecule is COC1(C)CC(N(C)C(=O)C2CCNC2)C1(C)C. The Hall–Kier alpha value is -0.610. The van der Waals surface area contributed by atoms with Gasteiger partial charge in [-0.2, -0.15) is 0 Å². The average Bonchev–Trinajstić information content (AvgIpc) is 2.87. The second-order valence-electron chi connectivity index (χ2n) is 6.52. The molecule has 2 fully saturated rings. The molecule has 104 valence electrons. The highest BCUT2D eigenvalue weighted by molar-refractivity contribution is 5.79. The Labute approximate surface area is 110 Å². The third kappa shape index (κ3) is 1.86. The summed E-state index contributed by atoms with van der Waals surface area (Å²) in [6.07, 6.45) is 1.90. The number of hydrogen-bond acceptors (Lipinski definition) is 3. The topological polar surface area (TPSA) is 41.6 Å². The van der Waals surface area contributed by atoms with E-state index in [1.165, 1.54) is 0 Å². The summed E-state index contributed by atoms with van der Waals surface area (Å²) < 4.78 is 5.62. The first kappa shape index (κ1) is 13.8. The minimum atomic E-state index is -0.111. The zero-order chi connectivity index (χ0) is 13.6. The van der Waals surface area contributed by atoms with Crippen molar-refractivity contribution < 1.29 is 9.53 Å². The highest BCUT2D eigenvalue weighted by Crippen LogP contribution is 2.53. The average molecular weight is 254 g/mol. The van der Waals surface area contributed by atoms with Crippen molar-refractivity contribution in [2.75, 3.05) is 27.2 Å². The van der Waals surface area contributed by atoms with Gasteiger partial charge < -0.3 is 15.0 Å². The summed E-state index contributed by atoms with van der Waals surface area (Å²) in [5.74, 6) is 0.455. The first-order valence-corrected chi connectivity index (χ1v) is 6.86. The molecule has 4 nitrogen and oxygen atoms in total. The molecule has 3 unspecified atom stereocenters. The van der Waals surface area contributed by atoms with Crippen molar-refractivity contribution in [3.8, 4) is 0 Å². The quantitative estimate of drug-likeness (QED) is 0.824. The summed E-state index contributed by atoms with van der Waals surface area (Å²) in [6.45, 7) is 8.33. The van der Waals surface area contributed by atoms with E-state index in [-0.39, 0.29) is 28.9 Å². The molecule has 0 aromatic rings. The number of carbonyl (C=O) groups excluding carboxylic acids is 1. The molecule has 0 radical (unpaired) electrons. The Morgan fingerprint density at radius 2 is 2.06 bits per heavy atom. The third-order valence-corrected chi connectivity index (χ3v) is 5.45. The van der Waals surface area contributed by atoms with Gasteiger partial charge in [0.05, 0.1) is 11.5 Å². The molecule has 2 aliphatic rings. The second kappa shape index (κ2) is 4.49. The van der Waals surface area contributed by atoms with Gasteiger partial charge in [0.2, 0.25) is 5.91 Å². The molecule has 1 saturated heterocycles. The van der Waals surface area contributed by atoms with E-state index >= 15 is 0 Å². The number of methoxy groups -OCH3 is 1. The Morgan fingerprint density at radius 3 is 2.50 bits per heavy atom. The number of hydrogen-bond donors (Lipinski definition) is 1. The van der Waals surface area contributed by atoms with Gasteiger partial charge in [-0.3, -0.25) is 4.79 Å². The molecular weight excluding hydrogens is 228 g/mol. The van der Waals surface area contributed by atoms with Crippen LogP contribution in [0.5, 0.6) is 0 Å². The van der Waals surface area contributed by atoms with Crippen molar-refractivity contribution in [2.45, 2.75) is 45.3 Å². The van der Waals surface area contributed by atoms with Gasteiger partial charge in [-0.25, -0.2) is 0 Å². The lowest BCUT2D eigenvalue weighted by Crippen LogP contribution is -2.69. The number of carbonyl (C=O) groups is 1.